The maximum atomic E-state index is 12.2. The Labute approximate surface area is 141 Å². The molecule has 1 N–H and O–H groups in total. The van der Waals surface area contributed by atoms with E-state index in [1.54, 1.807) is 31.2 Å². The Bertz CT molecular complexity index is 880. The first-order valence-electron chi connectivity index (χ1n) is 7.29. The lowest BCUT2D eigenvalue weighted by molar-refractivity contribution is -0.111. The number of anilines is 1. The second-order valence-electron chi connectivity index (χ2n) is 5.54. The molecule has 0 aliphatic carbocycles. The third kappa shape index (κ3) is 4.12. The highest BCUT2D eigenvalue weighted by Crippen LogP contribution is 2.22. The number of aryl methyl sites for hydroxylation is 2. The number of nitrogens with zero attached hydrogens (tertiary/aromatic N) is 1. The molecule has 0 aliphatic heterocycles. The van der Waals surface area contributed by atoms with E-state index in [9.17, 15) is 13.2 Å². The summed E-state index contributed by atoms with van der Waals surface area (Å²) in [6.45, 7) is 3.61. The van der Waals surface area contributed by atoms with Crippen LogP contribution < -0.4 is 5.32 Å². The van der Waals surface area contributed by atoms with E-state index in [0.29, 0.717) is 11.4 Å². The monoisotopic (exact) mass is 348 g/mol. The van der Waals surface area contributed by atoms with Crippen LogP contribution in [0.4, 0.5) is 5.69 Å². The average molecular weight is 348 g/mol. The molecule has 6 nitrogen and oxygen atoms in total. The van der Waals surface area contributed by atoms with Crippen LogP contribution in [0, 0.1) is 13.8 Å². The van der Waals surface area contributed by atoms with Crippen molar-refractivity contribution in [1.29, 1.82) is 0 Å². The third-order valence-electron chi connectivity index (χ3n) is 3.41. The van der Waals surface area contributed by atoms with Gasteiger partial charge in [-0.1, -0.05) is 6.07 Å². The van der Waals surface area contributed by atoms with Crippen LogP contribution in [-0.2, 0) is 14.8 Å². The summed E-state index contributed by atoms with van der Waals surface area (Å²) in [6.07, 6.45) is 2.89. The molecule has 1 aromatic carbocycles. The van der Waals surface area contributed by atoms with Gasteiger partial charge >= 0.3 is 0 Å². The fraction of sp³-hybridized carbons (Fsp3) is 0.235. The van der Waals surface area contributed by atoms with Crippen LogP contribution in [-0.4, -0.2) is 32.7 Å². The van der Waals surface area contributed by atoms with Crippen molar-refractivity contribution in [2.24, 2.45) is 0 Å². The van der Waals surface area contributed by atoms with E-state index in [1.807, 2.05) is 6.92 Å². The number of amides is 1. The Morgan fingerprint density at radius 2 is 1.88 bits per heavy atom. The van der Waals surface area contributed by atoms with Crippen LogP contribution in [0.1, 0.15) is 17.1 Å². The number of rotatable bonds is 5. The zero-order valence-electron chi connectivity index (χ0n) is 14.0. The smallest absolute Gasteiger partial charge is 0.248 e. The second kappa shape index (κ2) is 7.02. The third-order valence-corrected chi connectivity index (χ3v) is 5.22. The van der Waals surface area contributed by atoms with Gasteiger partial charge in [-0.3, -0.25) is 4.79 Å². The number of carbonyl (C=O) groups excluding carboxylic acids is 1. The lowest BCUT2D eigenvalue weighted by atomic mass is 10.2. The Morgan fingerprint density at radius 1 is 1.17 bits per heavy atom. The molecule has 0 bridgehead atoms. The van der Waals surface area contributed by atoms with Crippen molar-refractivity contribution in [3.63, 3.8) is 0 Å². The van der Waals surface area contributed by atoms with Gasteiger partial charge in [-0.15, -0.1) is 0 Å². The summed E-state index contributed by atoms with van der Waals surface area (Å²) in [6, 6.07) is 8.19. The molecule has 128 valence electrons. The van der Waals surface area contributed by atoms with E-state index < -0.39 is 10.0 Å². The predicted molar refractivity (Wildman–Crippen MR) is 93.2 cm³/mol. The van der Waals surface area contributed by atoms with Gasteiger partial charge in [0, 0.05) is 25.9 Å². The Kier molecular flexibility index (Phi) is 5.26. The number of carbonyl (C=O) groups is 1. The Hall–Kier alpha value is -2.38. The predicted octanol–water partition coefficient (Wildman–Crippen LogP) is 2.80. The van der Waals surface area contributed by atoms with Gasteiger partial charge in [0.25, 0.3) is 0 Å². The standard InChI is InChI=1S/C17H20N2O4S/c1-12-5-9-15(24(21,22)19(3)4)11-16(12)18-17(20)10-8-14-7-6-13(2)23-14/h5-11H,1-4H3,(H,18,20)/b10-8+. The van der Waals surface area contributed by atoms with Crippen molar-refractivity contribution >= 4 is 27.7 Å². The van der Waals surface area contributed by atoms with E-state index in [-0.39, 0.29) is 10.8 Å². The summed E-state index contributed by atoms with van der Waals surface area (Å²) in [5.41, 5.74) is 1.21. The molecule has 0 spiro atoms. The molecular weight excluding hydrogens is 328 g/mol. The molecule has 2 aromatic rings. The van der Waals surface area contributed by atoms with Crippen molar-refractivity contribution in [1.82, 2.24) is 4.31 Å². The van der Waals surface area contributed by atoms with E-state index in [0.717, 1.165) is 15.6 Å². The van der Waals surface area contributed by atoms with E-state index in [1.165, 1.54) is 32.3 Å². The minimum atomic E-state index is -3.56. The molecule has 0 aliphatic rings. The van der Waals surface area contributed by atoms with Crippen molar-refractivity contribution in [2.45, 2.75) is 18.7 Å². The maximum absolute atomic E-state index is 12.2. The second-order valence-corrected chi connectivity index (χ2v) is 7.69. The SMILES string of the molecule is Cc1ccc(/C=C/C(=O)Nc2cc(S(=O)(=O)N(C)C)ccc2C)o1. The van der Waals surface area contributed by atoms with Crippen molar-refractivity contribution in [3.8, 4) is 0 Å². The first-order chi connectivity index (χ1) is 11.2. The van der Waals surface area contributed by atoms with Gasteiger partial charge in [0.05, 0.1) is 4.90 Å². The molecule has 1 amide bonds. The molecule has 24 heavy (non-hydrogen) atoms. The van der Waals surface area contributed by atoms with Gasteiger partial charge < -0.3 is 9.73 Å². The summed E-state index contributed by atoms with van der Waals surface area (Å²) < 4.78 is 30.8. The lowest BCUT2D eigenvalue weighted by Crippen LogP contribution is -2.22. The molecule has 0 unspecified atom stereocenters. The van der Waals surface area contributed by atoms with Crippen LogP contribution in [0.5, 0.6) is 0 Å². The number of hydrogen-bond donors (Lipinski definition) is 1. The van der Waals surface area contributed by atoms with Gasteiger partial charge in [0.2, 0.25) is 15.9 Å². The van der Waals surface area contributed by atoms with Crippen LogP contribution in [0.3, 0.4) is 0 Å². The highest BCUT2D eigenvalue weighted by Gasteiger charge is 2.18. The summed E-state index contributed by atoms with van der Waals surface area (Å²) in [4.78, 5) is 12.2. The largest absolute Gasteiger partial charge is 0.462 e. The van der Waals surface area contributed by atoms with Gasteiger partial charge in [-0.25, -0.2) is 12.7 Å². The van der Waals surface area contributed by atoms with Gasteiger partial charge in [-0.05, 0) is 49.8 Å². The molecule has 1 aromatic heterocycles. The number of nitrogens with one attached hydrogen (secondary N) is 1. The fourth-order valence-corrected chi connectivity index (χ4v) is 2.91. The zero-order chi connectivity index (χ0) is 17.9. The number of hydrogen-bond acceptors (Lipinski definition) is 4. The highest BCUT2D eigenvalue weighted by molar-refractivity contribution is 7.89. The highest BCUT2D eigenvalue weighted by atomic mass is 32.2. The van der Waals surface area contributed by atoms with E-state index in [2.05, 4.69) is 5.32 Å². The lowest BCUT2D eigenvalue weighted by Gasteiger charge is -2.14. The first kappa shape index (κ1) is 18.0. The molecule has 0 atom stereocenters. The quantitative estimate of drug-likeness (QED) is 0.843. The number of benzene rings is 1. The fourth-order valence-electron chi connectivity index (χ4n) is 1.98. The van der Waals surface area contributed by atoms with Crippen molar-refractivity contribution in [2.75, 3.05) is 19.4 Å². The molecular formula is C17H20N2O4S. The van der Waals surface area contributed by atoms with Crippen LogP contribution in [0.15, 0.2) is 45.7 Å². The van der Waals surface area contributed by atoms with Gasteiger partial charge in [-0.2, -0.15) is 0 Å². The average Bonchev–Trinajstić information content (AvgIpc) is 2.92. The van der Waals surface area contributed by atoms with Crippen LogP contribution in [0.2, 0.25) is 0 Å². The van der Waals surface area contributed by atoms with Gasteiger partial charge in [0.1, 0.15) is 11.5 Å². The number of sulfonamides is 1. The topological polar surface area (TPSA) is 79.6 Å². The van der Waals surface area contributed by atoms with Crippen LogP contribution >= 0.6 is 0 Å². The van der Waals surface area contributed by atoms with E-state index >= 15 is 0 Å². The zero-order valence-corrected chi connectivity index (χ0v) is 14.8. The molecule has 0 radical (unpaired) electrons. The molecule has 0 fully saturated rings. The molecule has 0 saturated heterocycles. The van der Waals surface area contributed by atoms with Crippen molar-refractivity contribution < 1.29 is 17.6 Å². The van der Waals surface area contributed by atoms with Gasteiger partial charge in [0.15, 0.2) is 0 Å². The van der Waals surface area contributed by atoms with E-state index in [4.69, 9.17) is 4.42 Å². The first-order valence-corrected chi connectivity index (χ1v) is 8.73. The normalized spacial score (nSPS) is 12.0. The molecule has 2 rings (SSSR count). The molecule has 7 heteroatoms. The summed E-state index contributed by atoms with van der Waals surface area (Å²) in [5, 5.41) is 2.69. The Morgan fingerprint density at radius 3 is 2.46 bits per heavy atom. The molecule has 0 saturated carbocycles. The summed E-state index contributed by atoms with van der Waals surface area (Å²) >= 11 is 0. The minimum Gasteiger partial charge on any atom is -0.462 e. The number of furan rings is 1. The Balaban J connectivity index is 2.20. The molecule has 1 heterocycles. The summed E-state index contributed by atoms with van der Waals surface area (Å²) in [7, 11) is -0.636. The van der Waals surface area contributed by atoms with Crippen LogP contribution in [0.25, 0.3) is 6.08 Å². The minimum absolute atomic E-state index is 0.124. The van der Waals surface area contributed by atoms with Crippen molar-refractivity contribution in [3.05, 3.63) is 53.5 Å². The maximum Gasteiger partial charge on any atom is 0.248 e. The summed E-state index contributed by atoms with van der Waals surface area (Å²) in [5.74, 6) is 0.961.